The third-order valence-electron chi connectivity index (χ3n) is 2.94. The van der Waals surface area contributed by atoms with Crippen molar-refractivity contribution in [3.8, 4) is 0 Å². The van der Waals surface area contributed by atoms with Gasteiger partial charge in [0.15, 0.2) is 0 Å². The smallest absolute Gasteiger partial charge is 0.242 e. The number of benzene rings is 1. The number of anilines is 1. The van der Waals surface area contributed by atoms with Gasteiger partial charge in [0.25, 0.3) is 0 Å². The summed E-state index contributed by atoms with van der Waals surface area (Å²) in [5.41, 5.74) is 1.66. The van der Waals surface area contributed by atoms with Gasteiger partial charge in [-0.2, -0.15) is 5.10 Å². The van der Waals surface area contributed by atoms with E-state index in [9.17, 15) is 8.42 Å². The van der Waals surface area contributed by atoms with Crippen molar-refractivity contribution in [2.24, 2.45) is 0 Å². The molecule has 1 aromatic carbocycles. The minimum absolute atomic E-state index is 0.267. The Kier molecular flexibility index (Phi) is 4.98. The number of aryl methyl sites for hydroxylation is 1. The summed E-state index contributed by atoms with van der Waals surface area (Å²) >= 11 is 0. The van der Waals surface area contributed by atoms with Gasteiger partial charge in [-0.3, -0.25) is 4.68 Å². The van der Waals surface area contributed by atoms with Crippen molar-refractivity contribution in [3.63, 3.8) is 0 Å². The van der Waals surface area contributed by atoms with Crippen LogP contribution in [0.1, 0.15) is 12.5 Å². The first-order chi connectivity index (χ1) is 10.0. The highest BCUT2D eigenvalue weighted by Gasteiger charge is 2.17. The number of nitrogens with zero attached hydrogens (tertiary/aromatic N) is 2. The van der Waals surface area contributed by atoms with Gasteiger partial charge in [-0.15, -0.1) is 0 Å². The van der Waals surface area contributed by atoms with Crippen molar-refractivity contribution in [3.05, 3.63) is 42.2 Å². The van der Waals surface area contributed by atoms with Crippen LogP contribution in [-0.4, -0.2) is 31.3 Å². The Hall–Kier alpha value is -1.86. The summed E-state index contributed by atoms with van der Waals surface area (Å²) in [5, 5.41) is 7.18. The van der Waals surface area contributed by atoms with Crippen LogP contribution < -0.4 is 10.0 Å². The van der Waals surface area contributed by atoms with E-state index >= 15 is 0 Å². The van der Waals surface area contributed by atoms with Crippen LogP contribution in [0.4, 0.5) is 5.69 Å². The second-order valence-electron chi connectivity index (χ2n) is 4.71. The van der Waals surface area contributed by atoms with E-state index in [1.54, 1.807) is 29.1 Å². The first-order valence-corrected chi connectivity index (χ1v) is 8.33. The molecular weight excluding hydrogens is 288 g/mol. The lowest BCUT2D eigenvalue weighted by molar-refractivity contribution is 0.561. The molecule has 0 aliphatic rings. The fourth-order valence-electron chi connectivity index (χ4n) is 2.00. The summed E-state index contributed by atoms with van der Waals surface area (Å²) in [4.78, 5) is 0.267. The molecule has 2 rings (SSSR count). The van der Waals surface area contributed by atoms with Crippen LogP contribution in [-0.2, 0) is 16.6 Å². The third-order valence-corrected chi connectivity index (χ3v) is 4.46. The molecule has 0 radical (unpaired) electrons. The molecule has 1 heterocycles. The lowest BCUT2D eigenvalue weighted by atomic mass is 10.3. The number of aromatic nitrogens is 2. The Morgan fingerprint density at radius 2 is 2.05 bits per heavy atom. The minimum Gasteiger partial charge on any atom is -0.384 e. The second-order valence-corrected chi connectivity index (χ2v) is 6.44. The van der Waals surface area contributed by atoms with Crippen LogP contribution in [0.5, 0.6) is 0 Å². The predicted molar refractivity (Wildman–Crippen MR) is 82.8 cm³/mol. The molecule has 1 aromatic heterocycles. The molecule has 114 valence electrons. The highest BCUT2D eigenvalue weighted by Crippen LogP contribution is 2.20. The average molecular weight is 308 g/mol. The van der Waals surface area contributed by atoms with E-state index in [1.807, 2.05) is 26.1 Å². The molecule has 0 aliphatic carbocycles. The standard InChI is InChI=1S/C14H20N4O2S/c1-3-15-13-6-4-5-7-14(13)21(19,20)17-8-9-18-11-12(2)10-16-18/h4-7,10-11,15,17H,3,8-9H2,1-2H3. The first kappa shape index (κ1) is 15.5. The van der Waals surface area contributed by atoms with Crippen molar-refractivity contribution in [1.29, 1.82) is 0 Å². The summed E-state index contributed by atoms with van der Waals surface area (Å²) in [5.74, 6) is 0. The normalized spacial score (nSPS) is 11.5. The van der Waals surface area contributed by atoms with Crippen molar-refractivity contribution in [2.75, 3.05) is 18.4 Å². The summed E-state index contributed by atoms with van der Waals surface area (Å²) in [6, 6.07) is 6.88. The van der Waals surface area contributed by atoms with E-state index < -0.39 is 10.0 Å². The van der Waals surface area contributed by atoms with Gasteiger partial charge in [-0.25, -0.2) is 13.1 Å². The molecule has 0 bridgehead atoms. The van der Waals surface area contributed by atoms with Gasteiger partial charge in [0.2, 0.25) is 10.0 Å². The maximum atomic E-state index is 12.3. The molecule has 0 amide bonds. The topological polar surface area (TPSA) is 76.0 Å². The Balaban J connectivity index is 2.04. The molecule has 0 spiro atoms. The van der Waals surface area contributed by atoms with Crippen LogP contribution >= 0.6 is 0 Å². The van der Waals surface area contributed by atoms with Gasteiger partial charge in [0.05, 0.1) is 18.4 Å². The van der Waals surface area contributed by atoms with Gasteiger partial charge < -0.3 is 5.32 Å². The number of sulfonamides is 1. The zero-order valence-corrected chi connectivity index (χ0v) is 13.0. The zero-order valence-electron chi connectivity index (χ0n) is 12.2. The van der Waals surface area contributed by atoms with Gasteiger partial charge >= 0.3 is 0 Å². The molecule has 2 aromatic rings. The largest absolute Gasteiger partial charge is 0.384 e. The Labute approximate surface area is 125 Å². The molecule has 0 fully saturated rings. The number of para-hydroxylation sites is 1. The molecule has 0 saturated heterocycles. The average Bonchev–Trinajstić information content (AvgIpc) is 2.85. The van der Waals surface area contributed by atoms with Gasteiger partial charge in [-0.1, -0.05) is 12.1 Å². The van der Waals surface area contributed by atoms with E-state index in [4.69, 9.17) is 0 Å². The van der Waals surface area contributed by atoms with E-state index in [2.05, 4.69) is 15.1 Å². The fraction of sp³-hybridized carbons (Fsp3) is 0.357. The number of hydrogen-bond donors (Lipinski definition) is 2. The van der Waals surface area contributed by atoms with E-state index in [0.29, 0.717) is 25.3 Å². The lowest BCUT2D eigenvalue weighted by Crippen LogP contribution is -2.28. The Morgan fingerprint density at radius 1 is 1.29 bits per heavy atom. The summed E-state index contributed by atoms with van der Waals surface area (Å²) in [6.45, 7) is 5.33. The second kappa shape index (κ2) is 6.73. The van der Waals surface area contributed by atoms with Crippen LogP contribution in [0.25, 0.3) is 0 Å². The van der Waals surface area contributed by atoms with Crippen molar-refractivity contribution in [2.45, 2.75) is 25.3 Å². The highest BCUT2D eigenvalue weighted by atomic mass is 32.2. The predicted octanol–water partition coefficient (Wildman–Crippen LogP) is 1.60. The maximum Gasteiger partial charge on any atom is 0.242 e. The van der Waals surface area contributed by atoms with Crippen LogP contribution in [0.3, 0.4) is 0 Å². The SMILES string of the molecule is CCNc1ccccc1S(=O)(=O)NCCn1cc(C)cn1. The Morgan fingerprint density at radius 3 is 2.71 bits per heavy atom. The molecule has 0 unspecified atom stereocenters. The molecule has 2 N–H and O–H groups in total. The number of hydrogen-bond acceptors (Lipinski definition) is 4. The van der Waals surface area contributed by atoms with Crippen LogP contribution in [0.2, 0.25) is 0 Å². The molecule has 6 nitrogen and oxygen atoms in total. The zero-order chi connectivity index (χ0) is 15.3. The van der Waals surface area contributed by atoms with Crippen LogP contribution in [0.15, 0.2) is 41.6 Å². The number of rotatable bonds is 7. The number of nitrogens with one attached hydrogen (secondary N) is 2. The monoisotopic (exact) mass is 308 g/mol. The summed E-state index contributed by atoms with van der Waals surface area (Å²) in [6.07, 6.45) is 3.62. The first-order valence-electron chi connectivity index (χ1n) is 6.84. The van der Waals surface area contributed by atoms with Crippen molar-refractivity contribution in [1.82, 2.24) is 14.5 Å². The van der Waals surface area contributed by atoms with Gasteiger partial charge in [0, 0.05) is 19.3 Å². The molecule has 21 heavy (non-hydrogen) atoms. The summed E-state index contributed by atoms with van der Waals surface area (Å²) in [7, 11) is -3.53. The maximum absolute atomic E-state index is 12.3. The van der Waals surface area contributed by atoms with Crippen LogP contribution in [0, 0.1) is 6.92 Å². The molecule has 0 atom stereocenters. The van der Waals surface area contributed by atoms with E-state index in [-0.39, 0.29) is 4.90 Å². The van der Waals surface area contributed by atoms with Gasteiger partial charge in [0.1, 0.15) is 4.90 Å². The van der Waals surface area contributed by atoms with Crippen molar-refractivity contribution >= 4 is 15.7 Å². The summed E-state index contributed by atoms with van der Waals surface area (Å²) < 4.78 is 29.0. The van der Waals surface area contributed by atoms with E-state index in [1.165, 1.54) is 0 Å². The van der Waals surface area contributed by atoms with E-state index in [0.717, 1.165) is 5.56 Å². The molecule has 0 aliphatic heterocycles. The third kappa shape index (κ3) is 4.05. The fourth-order valence-corrected chi connectivity index (χ4v) is 3.20. The Bertz CT molecular complexity index is 695. The quantitative estimate of drug-likeness (QED) is 0.814. The molecule has 7 heteroatoms. The molecular formula is C14H20N4O2S. The highest BCUT2D eigenvalue weighted by molar-refractivity contribution is 7.89. The lowest BCUT2D eigenvalue weighted by Gasteiger charge is -2.12. The minimum atomic E-state index is -3.53. The molecule has 0 saturated carbocycles. The van der Waals surface area contributed by atoms with Crippen molar-refractivity contribution < 1.29 is 8.42 Å². The van der Waals surface area contributed by atoms with Gasteiger partial charge in [-0.05, 0) is 31.5 Å².